The van der Waals surface area contributed by atoms with Gasteiger partial charge in [-0.3, -0.25) is 4.79 Å². The highest BCUT2D eigenvalue weighted by Crippen LogP contribution is 2.18. The van der Waals surface area contributed by atoms with Crippen molar-refractivity contribution in [2.75, 3.05) is 0 Å². The van der Waals surface area contributed by atoms with Crippen LogP contribution >= 0.6 is 0 Å². The Morgan fingerprint density at radius 2 is 1.88 bits per heavy atom. The van der Waals surface area contributed by atoms with E-state index in [0.29, 0.717) is 23.8 Å². The molecule has 2 aromatic carbocycles. The molecular formula is C19H17N5O2. The first-order chi connectivity index (χ1) is 12.6. The minimum absolute atomic E-state index is 0.162. The van der Waals surface area contributed by atoms with Crippen LogP contribution in [0.5, 0.6) is 0 Å². The first-order valence-electron chi connectivity index (χ1n) is 8.21. The summed E-state index contributed by atoms with van der Waals surface area (Å²) in [5.74, 6) is 1.65. The zero-order chi connectivity index (χ0) is 18.1. The van der Waals surface area contributed by atoms with Crippen molar-refractivity contribution in [1.82, 2.24) is 25.0 Å². The van der Waals surface area contributed by atoms with Crippen LogP contribution in [0.25, 0.3) is 22.5 Å². The van der Waals surface area contributed by atoms with Gasteiger partial charge in [-0.15, -0.1) is 0 Å². The number of nitrogens with zero attached hydrogens (tertiary/aromatic N) is 4. The maximum atomic E-state index is 12.4. The molecule has 0 bridgehead atoms. The van der Waals surface area contributed by atoms with Gasteiger partial charge in [-0.2, -0.15) is 4.98 Å². The second-order valence-corrected chi connectivity index (χ2v) is 5.98. The first-order valence-corrected chi connectivity index (χ1v) is 8.21. The number of nitrogens with one attached hydrogen (secondary N) is 1. The van der Waals surface area contributed by atoms with E-state index in [2.05, 4.69) is 20.4 Å². The molecule has 2 aromatic heterocycles. The van der Waals surface area contributed by atoms with E-state index in [1.165, 1.54) is 0 Å². The van der Waals surface area contributed by atoms with E-state index in [-0.39, 0.29) is 5.91 Å². The van der Waals surface area contributed by atoms with Crippen LogP contribution in [0.4, 0.5) is 0 Å². The molecule has 0 spiro atoms. The summed E-state index contributed by atoms with van der Waals surface area (Å²) < 4.78 is 7.11. The number of imidazole rings is 1. The van der Waals surface area contributed by atoms with Gasteiger partial charge < -0.3 is 14.4 Å². The second kappa shape index (κ2) is 6.44. The van der Waals surface area contributed by atoms with E-state index >= 15 is 0 Å². The van der Waals surface area contributed by atoms with Crippen LogP contribution in [0.15, 0.2) is 53.1 Å². The number of aromatic nitrogens is 4. The summed E-state index contributed by atoms with van der Waals surface area (Å²) in [4.78, 5) is 21.1. The Morgan fingerprint density at radius 1 is 1.12 bits per heavy atom. The fraction of sp³-hybridized carbons (Fsp3) is 0.158. The average molecular weight is 347 g/mol. The number of benzene rings is 2. The number of aryl methyl sites for hydroxylation is 2. The Kier molecular flexibility index (Phi) is 3.96. The summed E-state index contributed by atoms with van der Waals surface area (Å²) in [5.41, 5.74) is 3.29. The number of rotatable bonds is 4. The Bertz CT molecular complexity index is 1080. The maximum absolute atomic E-state index is 12.4. The van der Waals surface area contributed by atoms with E-state index in [4.69, 9.17) is 4.52 Å². The van der Waals surface area contributed by atoms with E-state index in [1.54, 1.807) is 31.2 Å². The molecule has 7 nitrogen and oxygen atoms in total. The van der Waals surface area contributed by atoms with Crippen molar-refractivity contribution in [2.24, 2.45) is 7.05 Å². The highest BCUT2D eigenvalue weighted by molar-refractivity contribution is 5.94. The molecule has 0 radical (unpaired) electrons. The fourth-order valence-corrected chi connectivity index (χ4v) is 2.79. The SMILES string of the molecule is Cc1noc(-c2ccc(C(=O)NCc3nc4ccccc4n3C)cc2)n1. The van der Waals surface area contributed by atoms with Gasteiger partial charge in [0.15, 0.2) is 5.82 Å². The predicted octanol–water partition coefficient (Wildman–Crippen LogP) is 2.86. The number of carbonyl (C=O) groups is 1. The Hall–Kier alpha value is -3.48. The summed E-state index contributed by atoms with van der Waals surface area (Å²) in [6.45, 7) is 2.12. The van der Waals surface area contributed by atoms with Gasteiger partial charge >= 0.3 is 0 Å². The van der Waals surface area contributed by atoms with Crippen LogP contribution in [-0.4, -0.2) is 25.6 Å². The molecule has 7 heteroatoms. The Labute approximate surface area is 149 Å². The highest BCUT2D eigenvalue weighted by atomic mass is 16.5. The highest BCUT2D eigenvalue weighted by Gasteiger charge is 2.11. The molecule has 26 heavy (non-hydrogen) atoms. The molecular weight excluding hydrogens is 330 g/mol. The fourth-order valence-electron chi connectivity index (χ4n) is 2.79. The molecule has 4 rings (SSSR count). The number of hydrogen-bond acceptors (Lipinski definition) is 5. The zero-order valence-corrected chi connectivity index (χ0v) is 14.4. The molecule has 2 heterocycles. The molecule has 1 amide bonds. The van der Waals surface area contributed by atoms with Gasteiger partial charge in [0.25, 0.3) is 11.8 Å². The van der Waals surface area contributed by atoms with Crippen LogP contribution < -0.4 is 5.32 Å². The Balaban J connectivity index is 1.47. The monoisotopic (exact) mass is 347 g/mol. The molecule has 0 aliphatic heterocycles. The number of para-hydroxylation sites is 2. The van der Waals surface area contributed by atoms with Crippen LogP contribution in [0, 0.1) is 6.92 Å². The average Bonchev–Trinajstić information content (AvgIpc) is 3.24. The van der Waals surface area contributed by atoms with Crippen molar-refractivity contribution in [1.29, 1.82) is 0 Å². The Morgan fingerprint density at radius 3 is 2.58 bits per heavy atom. The third-order valence-electron chi connectivity index (χ3n) is 4.21. The zero-order valence-electron chi connectivity index (χ0n) is 14.4. The number of fused-ring (bicyclic) bond motifs is 1. The molecule has 0 atom stereocenters. The van der Waals surface area contributed by atoms with Crippen molar-refractivity contribution in [3.05, 3.63) is 65.7 Å². The molecule has 0 saturated carbocycles. The quantitative estimate of drug-likeness (QED) is 0.613. The molecule has 0 aliphatic carbocycles. The van der Waals surface area contributed by atoms with E-state index in [0.717, 1.165) is 22.4 Å². The molecule has 0 saturated heterocycles. The summed E-state index contributed by atoms with van der Waals surface area (Å²) in [5, 5.41) is 6.67. The van der Waals surface area contributed by atoms with Gasteiger partial charge in [0.2, 0.25) is 0 Å². The predicted molar refractivity (Wildman–Crippen MR) is 96.4 cm³/mol. The van der Waals surface area contributed by atoms with Crippen molar-refractivity contribution in [2.45, 2.75) is 13.5 Å². The van der Waals surface area contributed by atoms with Crippen LogP contribution in [-0.2, 0) is 13.6 Å². The molecule has 0 unspecified atom stereocenters. The number of amides is 1. The lowest BCUT2D eigenvalue weighted by Crippen LogP contribution is -2.24. The van der Waals surface area contributed by atoms with Crippen molar-refractivity contribution >= 4 is 16.9 Å². The minimum Gasteiger partial charge on any atom is -0.345 e. The summed E-state index contributed by atoms with van der Waals surface area (Å²) >= 11 is 0. The van der Waals surface area contributed by atoms with Gasteiger partial charge in [-0.1, -0.05) is 17.3 Å². The third-order valence-corrected chi connectivity index (χ3v) is 4.21. The third kappa shape index (κ3) is 2.95. The maximum Gasteiger partial charge on any atom is 0.257 e. The topological polar surface area (TPSA) is 85.8 Å². The summed E-state index contributed by atoms with van der Waals surface area (Å²) in [7, 11) is 1.94. The van der Waals surface area contributed by atoms with Gasteiger partial charge in [0, 0.05) is 18.2 Å². The lowest BCUT2D eigenvalue weighted by molar-refractivity contribution is 0.0949. The summed E-state index contributed by atoms with van der Waals surface area (Å²) in [6.07, 6.45) is 0. The second-order valence-electron chi connectivity index (χ2n) is 5.98. The van der Waals surface area contributed by atoms with Gasteiger partial charge in [0.1, 0.15) is 5.82 Å². The smallest absolute Gasteiger partial charge is 0.257 e. The molecule has 0 fully saturated rings. The van der Waals surface area contributed by atoms with E-state index in [1.807, 2.05) is 35.9 Å². The molecule has 0 aliphatic rings. The van der Waals surface area contributed by atoms with E-state index in [9.17, 15) is 4.79 Å². The van der Waals surface area contributed by atoms with Crippen LogP contribution in [0.1, 0.15) is 22.0 Å². The van der Waals surface area contributed by atoms with E-state index < -0.39 is 0 Å². The molecule has 1 N–H and O–H groups in total. The van der Waals surface area contributed by atoms with Crippen molar-refractivity contribution < 1.29 is 9.32 Å². The molecule has 130 valence electrons. The minimum atomic E-state index is -0.162. The van der Waals surface area contributed by atoms with Gasteiger partial charge in [-0.25, -0.2) is 4.98 Å². The molecule has 4 aromatic rings. The van der Waals surface area contributed by atoms with Gasteiger partial charge in [0.05, 0.1) is 17.6 Å². The number of carbonyl (C=O) groups excluding carboxylic acids is 1. The lowest BCUT2D eigenvalue weighted by atomic mass is 10.1. The largest absolute Gasteiger partial charge is 0.345 e. The van der Waals surface area contributed by atoms with Gasteiger partial charge in [-0.05, 0) is 43.3 Å². The lowest BCUT2D eigenvalue weighted by Gasteiger charge is -2.06. The normalized spacial score (nSPS) is 11.0. The standard InChI is InChI=1S/C19H17N5O2/c1-12-21-19(26-23-12)14-9-7-13(8-10-14)18(25)20-11-17-22-15-5-3-4-6-16(15)24(17)2/h3-10H,11H2,1-2H3,(H,20,25). The summed E-state index contributed by atoms with van der Waals surface area (Å²) in [6, 6.07) is 14.9. The van der Waals surface area contributed by atoms with Crippen molar-refractivity contribution in [3.63, 3.8) is 0 Å². The van der Waals surface area contributed by atoms with Crippen molar-refractivity contribution in [3.8, 4) is 11.5 Å². The number of hydrogen-bond donors (Lipinski definition) is 1. The first kappa shape index (κ1) is 16.0. The van der Waals surface area contributed by atoms with Crippen LogP contribution in [0.2, 0.25) is 0 Å². The van der Waals surface area contributed by atoms with Crippen LogP contribution in [0.3, 0.4) is 0 Å².